The number of likely N-dealkylation sites (tertiary alicyclic amines) is 1. The van der Waals surface area contributed by atoms with Gasteiger partial charge in [0.1, 0.15) is 5.52 Å². The van der Waals surface area contributed by atoms with Crippen LogP contribution in [0.15, 0.2) is 36.5 Å². The number of carboxylic acids is 2. The lowest BCUT2D eigenvalue weighted by molar-refractivity contribution is -0.134. The monoisotopic (exact) mass is 456 g/mol. The summed E-state index contributed by atoms with van der Waals surface area (Å²) in [5, 5.41) is 24.4. The standard InChI is InChI=1S/C20H28N4O.C4H4O4/c1-12(2)23-10-17-16(18(17)11-23)8-21-20(25)15-7-5-6-14-9-24(13(3)4)22-19(14)15;5-3(6)1-2-4(7)8/h5-7,9,12-13,16-18H,8,10-11H2,1-4H3,(H,21,25);1-2H,(H,5,6)(H,7,8). The van der Waals surface area contributed by atoms with Crippen LogP contribution in [-0.2, 0) is 9.59 Å². The number of nitrogens with one attached hydrogen (secondary N) is 1. The quantitative estimate of drug-likeness (QED) is 0.547. The summed E-state index contributed by atoms with van der Waals surface area (Å²) in [6, 6.07) is 6.76. The first-order chi connectivity index (χ1) is 15.6. The Hall–Kier alpha value is -3.20. The first-order valence-electron chi connectivity index (χ1n) is 11.2. The van der Waals surface area contributed by atoms with E-state index in [4.69, 9.17) is 10.2 Å². The number of aliphatic carboxylic acids is 2. The molecule has 9 heteroatoms. The molecule has 2 heterocycles. The number of rotatable bonds is 7. The van der Waals surface area contributed by atoms with E-state index >= 15 is 0 Å². The Morgan fingerprint density at radius 3 is 2.18 bits per heavy atom. The topological polar surface area (TPSA) is 125 Å². The summed E-state index contributed by atoms with van der Waals surface area (Å²) < 4.78 is 1.92. The molecule has 2 aromatic rings. The minimum absolute atomic E-state index is 0.00490. The third-order valence-corrected chi connectivity index (χ3v) is 6.32. The van der Waals surface area contributed by atoms with Crippen LogP contribution in [0, 0.1) is 17.8 Å². The van der Waals surface area contributed by atoms with E-state index in [9.17, 15) is 14.4 Å². The highest BCUT2D eigenvalue weighted by Crippen LogP contribution is 2.51. The van der Waals surface area contributed by atoms with Crippen molar-refractivity contribution < 1.29 is 24.6 Å². The molecule has 2 aliphatic rings. The third-order valence-electron chi connectivity index (χ3n) is 6.32. The Kier molecular flexibility index (Phi) is 7.53. The predicted molar refractivity (Wildman–Crippen MR) is 124 cm³/mol. The van der Waals surface area contributed by atoms with Crippen molar-refractivity contribution in [2.45, 2.75) is 39.8 Å². The smallest absolute Gasteiger partial charge is 0.328 e. The number of nitrogens with zero attached hydrogens (tertiary/aromatic N) is 3. The molecule has 0 spiro atoms. The second kappa shape index (κ2) is 10.2. The fourth-order valence-corrected chi connectivity index (χ4v) is 4.37. The van der Waals surface area contributed by atoms with E-state index in [1.807, 2.05) is 29.1 Å². The summed E-state index contributed by atoms with van der Waals surface area (Å²) in [5.41, 5.74) is 1.49. The fourth-order valence-electron chi connectivity index (χ4n) is 4.37. The molecule has 0 bridgehead atoms. The molecule has 9 nitrogen and oxygen atoms in total. The first-order valence-corrected chi connectivity index (χ1v) is 11.2. The number of carbonyl (C=O) groups is 3. The van der Waals surface area contributed by atoms with Gasteiger partial charge >= 0.3 is 11.9 Å². The van der Waals surface area contributed by atoms with E-state index in [2.05, 4.69) is 43.0 Å². The van der Waals surface area contributed by atoms with Gasteiger partial charge in [0.2, 0.25) is 0 Å². The van der Waals surface area contributed by atoms with Crippen molar-refractivity contribution in [1.29, 1.82) is 0 Å². The molecule has 4 rings (SSSR count). The van der Waals surface area contributed by atoms with Crippen molar-refractivity contribution in [3.05, 3.63) is 42.1 Å². The van der Waals surface area contributed by atoms with Gasteiger partial charge in [0.25, 0.3) is 5.91 Å². The van der Waals surface area contributed by atoms with Crippen molar-refractivity contribution in [3.63, 3.8) is 0 Å². The minimum atomic E-state index is -1.26. The predicted octanol–water partition coefficient (Wildman–Crippen LogP) is 2.64. The van der Waals surface area contributed by atoms with Crippen LogP contribution in [-0.4, -0.2) is 68.4 Å². The largest absolute Gasteiger partial charge is 0.478 e. The summed E-state index contributed by atoms with van der Waals surface area (Å²) in [4.78, 5) is 34.3. The maximum absolute atomic E-state index is 12.7. The van der Waals surface area contributed by atoms with Gasteiger partial charge in [-0.2, -0.15) is 5.10 Å². The Morgan fingerprint density at radius 2 is 1.67 bits per heavy atom. The summed E-state index contributed by atoms with van der Waals surface area (Å²) in [7, 11) is 0. The van der Waals surface area contributed by atoms with Crippen LogP contribution in [0.5, 0.6) is 0 Å². The molecule has 178 valence electrons. The van der Waals surface area contributed by atoms with Crippen LogP contribution in [0.1, 0.15) is 44.1 Å². The molecular formula is C24H32N4O5. The zero-order valence-electron chi connectivity index (χ0n) is 19.4. The van der Waals surface area contributed by atoms with Crippen LogP contribution < -0.4 is 5.32 Å². The average molecular weight is 457 g/mol. The molecule has 33 heavy (non-hydrogen) atoms. The van der Waals surface area contributed by atoms with Gasteiger partial charge in [0.15, 0.2) is 0 Å². The third kappa shape index (κ3) is 5.98. The lowest BCUT2D eigenvalue weighted by Crippen LogP contribution is -2.34. The van der Waals surface area contributed by atoms with Crippen molar-refractivity contribution in [2.24, 2.45) is 17.8 Å². The molecule has 2 unspecified atom stereocenters. The van der Waals surface area contributed by atoms with Gasteiger partial charge in [-0.1, -0.05) is 12.1 Å². The molecule has 1 aromatic carbocycles. The number of carboxylic acid groups (broad SMARTS) is 2. The van der Waals surface area contributed by atoms with E-state index in [0.717, 1.165) is 29.3 Å². The van der Waals surface area contributed by atoms with Gasteiger partial charge in [-0.3, -0.25) is 9.48 Å². The summed E-state index contributed by atoms with van der Waals surface area (Å²) in [6.07, 6.45) is 3.13. The Morgan fingerprint density at radius 1 is 1.06 bits per heavy atom. The zero-order valence-corrected chi connectivity index (χ0v) is 19.4. The van der Waals surface area contributed by atoms with Gasteiger partial charge in [0.05, 0.1) is 5.56 Å². The van der Waals surface area contributed by atoms with Gasteiger partial charge in [-0.05, 0) is 51.5 Å². The number of fused-ring (bicyclic) bond motifs is 2. The van der Waals surface area contributed by atoms with E-state index in [1.54, 1.807) is 0 Å². The van der Waals surface area contributed by atoms with E-state index in [1.165, 1.54) is 13.1 Å². The highest BCUT2D eigenvalue weighted by atomic mass is 16.4. The molecule has 1 aliphatic carbocycles. The molecule has 1 amide bonds. The number of hydrogen-bond acceptors (Lipinski definition) is 5. The van der Waals surface area contributed by atoms with E-state index in [-0.39, 0.29) is 11.9 Å². The number of carbonyl (C=O) groups excluding carboxylic acids is 1. The summed E-state index contributed by atoms with van der Waals surface area (Å²) >= 11 is 0. The van der Waals surface area contributed by atoms with Crippen molar-refractivity contribution in [2.75, 3.05) is 19.6 Å². The van der Waals surface area contributed by atoms with Crippen LogP contribution in [0.25, 0.3) is 10.9 Å². The molecule has 2 fully saturated rings. The molecule has 1 saturated heterocycles. The Labute approximate surface area is 193 Å². The highest BCUT2D eigenvalue weighted by molar-refractivity contribution is 6.05. The zero-order chi connectivity index (χ0) is 24.3. The second-order valence-corrected chi connectivity index (χ2v) is 9.21. The molecule has 1 aliphatic heterocycles. The van der Waals surface area contributed by atoms with Gasteiger partial charge in [-0.25, -0.2) is 9.59 Å². The second-order valence-electron chi connectivity index (χ2n) is 9.21. The first kappa shape index (κ1) is 24.4. The van der Waals surface area contributed by atoms with Crippen molar-refractivity contribution in [3.8, 4) is 0 Å². The summed E-state index contributed by atoms with van der Waals surface area (Å²) in [6.45, 7) is 11.9. The highest BCUT2D eigenvalue weighted by Gasteiger charge is 2.55. The molecule has 1 aromatic heterocycles. The molecule has 2 atom stereocenters. The number of piperidine rings is 1. The normalized spacial score (nSPS) is 21.8. The number of amides is 1. The van der Waals surface area contributed by atoms with Crippen molar-refractivity contribution >= 4 is 28.7 Å². The van der Waals surface area contributed by atoms with Gasteiger partial charge < -0.3 is 20.4 Å². The van der Waals surface area contributed by atoms with Gasteiger partial charge in [-0.15, -0.1) is 0 Å². The fraction of sp³-hybridized carbons (Fsp3) is 0.500. The lowest BCUT2D eigenvalue weighted by Gasteiger charge is -2.23. The average Bonchev–Trinajstić information content (AvgIpc) is 3.12. The van der Waals surface area contributed by atoms with Gasteiger partial charge in [0, 0.05) is 55.5 Å². The van der Waals surface area contributed by atoms with Crippen LogP contribution in [0.2, 0.25) is 0 Å². The van der Waals surface area contributed by atoms with E-state index < -0.39 is 11.9 Å². The maximum atomic E-state index is 12.7. The van der Waals surface area contributed by atoms with Crippen LogP contribution in [0.4, 0.5) is 0 Å². The Balaban J connectivity index is 0.000000331. The molecular weight excluding hydrogens is 424 g/mol. The minimum Gasteiger partial charge on any atom is -0.478 e. The number of benzene rings is 1. The molecule has 1 saturated carbocycles. The number of hydrogen-bond donors (Lipinski definition) is 3. The lowest BCUT2D eigenvalue weighted by atomic mass is 10.1. The molecule has 3 N–H and O–H groups in total. The number of aromatic nitrogens is 2. The van der Waals surface area contributed by atoms with Crippen molar-refractivity contribution in [1.82, 2.24) is 20.0 Å². The molecule has 0 radical (unpaired) electrons. The SMILES string of the molecule is CC(C)N1CC2C(CNC(=O)c3cccc4cn(C(C)C)nc34)C2C1.O=C(O)C=CC(=O)O. The Bertz CT molecular complexity index is 1030. The van der Waals surface area contributed by atoms with Crippen LogP contribution >= 0.6 is 0 Å². The van der Waals surface area contributed by atoms with E-state index in [0.29, 0.717) is 29.7 Å². The maximum Gasteiger partial charge on any atom is 0.328 e. The van der Waals surface area contributed by atoms with Crippen LogP contribution in [0.3, 0.4) is 0 Å². The summed E-state index contributed by atoms with van der Waals surface area (Å²) in [5.74, 6) is -0.297.